The molecule has 8 heteroatoms. The lowest BCUT2D eigenvalue weighted by molar-refractivity contribution is 0.322. The second-order valence-corrected chi connectivity index (χ2v) is 6.24. The first-order valence-electron chi connectivity index (χ1n) is 8.52. The average molecular weight is 376 g/mol. The van der Waals surface area contributed by atoms with E-state index in [4.69, 9.17) is 10.9 Å². The van der Waals surface area contributed by atoms with Crippen LogP contribution in [0.3, 0.4) is 0 Å². The SMILES string of the molecule is Nc1ncnc(Nc2ccc3c(ccn3Cc3cccc(F)c3)c2)c1/C=N/O. The Balaban J connectivity index is 1.62. The zero-order chi connectivity index (χ0) is 19.5. The van der Waals surface area contributed by atoms with Crippen molar-refractivity contribution in [2.24, 2.45) is 5.16 Å². The summed E-state index contributed by atoms with van der Waals surface area (Å²) in [6.07, 6.45) is 4.48. The van der Waals surface area contributed by atoms with Crippen molar-refractivity contribution in [3.8, 4) is 0 Å². The fraction of sp³-hybridized carbons (Fsp3) is 0.0500. The molecule has 0 aliphatic heterocycles. The van der Waals surface area contributed by atoms with Gasteiger partial charge in [0.05, 0.1) is 11.8 Å². The van der Waals surface area contributed by atoms with Gasteiger partial charge in [0.2, 0.25) is 0 Å². The third kappa shape index (κ3) is 3.48. The number of nitrogens with one attached hydrogen (secondary N) is 1. The van der Waals surface area contributed by atoms with Gasteiger partial charge in [0, 0.05) is 29.3 Å². The van der Waals surface area contributed by atoms with Crippen LogP contribution in [0, 0.1) is 5.82 Å². The van der Waals surface area contributed by atoms with Crippen molar-refractivity contribution in [2.45, 2.75) is 6.54 Å². The van der Waals surface area contributed by atoms with Gasteiger partial charge in [-0.25, -0.2) is 14.4 Å². The summed E-state index contributed by atoms with van der Waals surface area (Å²) in [6.45, 7) is 0.577. The fourth-order valence-corrected chi connectivity index (χ4v) is 3.08. The molecule has 2 aromatic carbocycles. The molecule has 0 fully saturated rings. The van der Waals surface area contributed by atoms with Gasteiger partial charge in [-0.3, -0.25) is 0 Å². The summed E-state index contributed by atoms with van der Waals surface area (Å²) in [6, 6.07) is 14.4. The van der Waals surface area contributed by atoms with Gasteiger partial charge in [-0.15, -0.1) is 0 Å². The third-order valence-corrected chi connectivity index (χ3v) is 4.38. The van der Waals surface area contributed by atoms with Crippen molar-refractivity contribution < 1.29 is 9.60 Å². The molecular formula is C20H17FN6O. The molecule has 4 aromatic rings. The van der Waals surface area contributed by atoms with E-state index in [2.05, 4.69) is 25.0 Å². The molecule has 0 atom stereocenters. The van der Waals surface area contributed by atoms with E-state index in [9.17, 15) is 4.39 Å². The summed E-state index contributed by atoms with van der Waals surface area (Å²) >= 11 is 0. The number of nitrogens with zero attached hydrogens (tertiary/aromatic N) is 4. The molecule has 4 rings (SSSR count). The van der Waals surface area contributed by atoms with Crippen molar-refractivity contribution >= 4 is 34.4 Å². The van der Waals surface area contributed by atoms with Crippen molar-refractivity contribution in [3.05, 3.63) is 78.0 Å². The molecule has 0 spiro atoms. The highest BCUT2D eigenvalue weighted by molar-refractivity contribution is 5.93. The molecule has 0 radical (unpaired) electrons. The fourth-order valence-electron chi connectivity index (χ4n) is 3.08. The van der Waals surface area contributed by atoms with E-state index >= 15 is 0 Å². The molecule has 28 heavy (non-hydrogen) atoms. The summed E-state index contributed by atoms with van der Waals surface area (Å²) in [5, 5.41) is 16.0. The first-order valence-corrected chi connectivity index (χ1v) is 8.52. The smallest absolute Gasteiger partial charge is 0.144 e. The lowest BCUT2D eigenvalue weighted by Crippen LogP contribution is -2.05. The lowest BCUT2D eigenvalue weighted by Gasteiger charge is -2.10. The summed E-state index contributed by atoms with van der Waals surface area (Å²) in [4.78, 5) is 8.05. The number of rotatable bonds is 5. The summed E-state index contributed by atoms with van der Waals surface area (Å²) in [5.41, 5.74) is 8.92. The summed E-state index contributed by atoms with van der Waals surface area (Å²) in [5.74, 6) is 0.397. The van der Waals surface area contributed by atoms with Crippen LogP contribution in [0.1, 0.15) is 11.1 Å². The van der Waals surface area contributed by atoms with Crippen LogP contribution in [0.4, 0.5) is 21.7 Å². The molecule has 0 saturated carbocycles. The quantitative estimate of drug-likeness (QED) is 0.280. The first kappa shape index (κ1) is 17.5. The number of hydrogen-bond acceptors (Lipinski definition) is 6. The van der Waals surface area contributed by atoms with Crippen molar-refractivity contribution in [1.82, 2.24) is 14.5 Å². The molecule has 7 nitrogen and oxygen atoms in total. The maximum atomic E-state index is 13.4. The van der Waals surface area contributed by atoms with E-state index in [1.54, 1.807) is 6.07 Å². The molecule has 0 saturated heterocycles. The van der Waals surface area contributed by atoms with Crippen molar-refractivity contribution in [3.63, 3.8) is 0 Å². The maximum Gasteiger partial charge on any atom is 0.144 e. The minimum atomic E-state index is -0.244. The molecule has 2 heterocycles. The summed E-state index contributed by atoms with van der Waals surface area (Å²) < 4.78 is 15.5. The Morgan fingerprint density at radius 1 is 1.18 bits per heavy atom. The largest absolute Gasteiger partial charge is 0.411 e. The molecule has 4 N–H and O–H groups in total. The van der Waals surface area contributed by atoms with Crippen LogP contribution in [0.5, 0.6) is 0 Å². The van der Waals surface area contributed by atoms with Gasteiger partial charge in [0.25, 0.3) is 0 Å². The third-order valence-electron chi connectivity index (χ3n) is 4.38. The Morgan fingerprint density at radius 3 is 2.89 bits per heavy atom. The number of benzene rings is 2. The van der Waals surface area contributed by atoms with Crippen LogP contribution >= 0.6 is 0 Å². The Bertz CT molecular complexity index is 1170. The Morgan fingerprint density at radius 2 is 2.07 bits per heavy atom. The first-order chi connectivity index (χ1) is 13.6. The van der Waals surface area contributed by atoms with Crippen LogP contribution < -0.4 is 11.1 Å². The maximum absolute atomic E-state index is 13.4. The molecule has 0 amide bonds. The van der Waals surface area contributed by atoms with Crippen LogP contribution in [0.15, 0.2) is 66.2 Å². The van der Waals surface area contributed by atoms with Crippen molar-refractivity contribution in [1.29, 1.82) is 0 Å². The van der Waals surface area contributed by atoms with Gasteiger partial charge < -0.3 is 20.8 Å². The number of hydrogen-bond donors (Lipinski definition) is 3. The second-order valence-electron chi connectivity index (χ2n) is 6.24. The van der Waals surface area contributed by atoms with E-state index in [0.717, 1.165) is 22.2 Å². The van der Waals surface area contributed by atoms with E-state index < -0.39 is 0 Å². The van der Waals surface area contributed by atoms with Crippen LogP contribution in [-0.2, 0) is 6.54 Å². The van der Waals surface area contributed by atoms with Gasteiger partial charge in [0.1, 0.15) is 23.8 Å². The molecule has 0 bridgehead atoms. The van der Waals surface area contributed by atoms with Crippen LogP contribution in [0.25, 0.3) is 10.9 Å². The second kappa shape index (κ2) is 7.36. The van der Waals surface area contributed by atoms with Crippen molar-refractivity contribution in [2.75, 3.05) is 11.1 Å². The Labute approximate surface area is 160 Å². The van der Waals surface area contributed by atoms with Gasteiger partial charge in [-0.1, -0.05) is 17.3 Å². The van der Waals surface area contributed by atoms with Crippen LogP contribution in [-0.4, -0.2) is 26.0 Å². The Hall–Kier alpha value is -3.94. The van der Waals surface area contributed by atoms with E-state index in [1.165, 1.54) is 24.7 Å². The highest BCUT2D eigenvalue weighted by Gasteiger charge is 2.09. The predicted molar refractivity (Wildman–Crippen MR) is 107 cm³/mol. The number of nitrogens with two attached hydrogens (primary N) is 1. The molecule has 0 aliphatic rings. The number of oxime groups is 1. The van der Waals surface area contributed by atoms with E-state index in [-0.39, 0.29) is 11.6 Å². The molecule has 140 valence electrons. The van der Waals surface area contributed by atoms with E-state index in [0.29, 0.717) is 17.9 Å². The van der Waals surface area contributed by atoms with Gasteiger partial charge in [0.15, 0.2) is 0 Å². The molecule has 0 aliphatic carbocycles. The Kier molecular flexibility index (Phi) is 4.59. The summed E-state index contributed by atoms with van der Waals surface area (Å²) in [7, 11) is 0. The predicted octanol–water partition coefficient (Wildman–Crippen LogP) is 3.75. The number of anilines is 3. The number of aromatic nitrogens is 3. The zero-order valence-electron chi connectivity index (χ0n) is 14.7. The molecule has 0 unspecified atom stereocenters. The van der Waals surface area contributed by atoms with Gasteiger partial charge in [-0.05, 0) is 42.0 Å². The minimum Gasteiger partial charge on any atom is -0.411 e. The number of nitrogen functional groups attached to an aromatic ring is 1. The highest BCUT2D eigenvalue weighted by Crippen LogP contribution is 2.25. The average Bonchev–Trinajstić information content (AvgIpc) is 3.07. The standard InChI is InChI=1S/C20H17FN6O/c21-15-3-1-2-13(8-15)11-27-7-6-14-9-16(4-5-18(14)27)26-20-17(10-25-28)19(22)23-12-24-20/h1-10,12,28H,11H2,(H3,22,23,24,26)/b25-10+. The van der Waals surface area contributed by atoms with Gasteiger partial charge in [-0.2, -0.15) is 0 Å². The zero-order valence-corrected chi connectivity index (χ0v) is 14.7. The molecule has 2 aromatic heterocycles. The highest BCUT2D eigenvalue weighted by atomic mass is 19.1. The normalized spacial score (nSPS) is 11.3. The van der Waals surface area contributed by atoms with E-state index in [1.807, 2.05) is 36.5 Å². The van der Waals surface area contributed by atoms with Gasteiger partial charge >= 0.3 is 0 Å². The molecular weight excluding hydrogens is 359 g/mol. The number of fused-ring (bicyclic) bond motifs is 1. The van der Waals surface area contributed by atoms with Crippen LogP contribution in [0.2, 0.25) is 0 Å². The number of halogens is 1. The topological polar surface area (TPSA) is 101 Å². The monoisotopic (exact) mass is 376 g/mol. The lowest BCUT2D eigenvalue weighted by atomic mass is 10.2. The minimum absolute atomic E-state index is 0.206.